The van der Waals surface area contributed by atoms with Crippen LogP contribution < -0.4 is 5.32 Å². The summed E-state index contributed by atoms with van der Waals surface area (Å²) in [6, 6.07) is 6.75. The minimum absolute atomic E-state index is 0.334. The summed E-state index contributed by atoms with van der Waals surface area (Å²) < 4.78 is 24.4. The second kappa shape index (κ2) is 5.83. The third-order valence-electron chi connectivity index (χ3n) is 2.65. The maximum absolute atomic E-state index is 11.3. The molecular weight excluding hydrogens is 264 g/mol. The van der Waals surface area contributed by atoms with Crippen LogP contribution in [0.1, 0.15) is 6.42 Å². The zero-order valence-electron chi connectivity index (χ0n) is 10.7. The van der Waals surface area contributed by atoms with Crippen LogP contribution in [0.15, 0.2) is 41.6 Å². The molecule has 1 heterocycles. The number of aryl methyl sites for hydroxylation is 1. The molecule has 0 aliphatic carbocycles. The SMILES string of the molecule is CS(=O)(=O)c1ccc(NCCCn2ccnn2)cc1. The summed E-state index contributed by atoms with van der Waals surface area (Å²) in [5, 5.41) is 10.8. The Morgan fingerprint density at radius 3 is 2.58 bits per heavy atom. The summed E-state index contributed by atoms with van der Waals surface area (Å²) in [7, 11) is -3.12. The van der Waals surface area contributed by atoms with Gasteiger partial charge in [0.25, 0.3) is 0 Å². The molecule has 0 fully saturated rings. The Morgan fingerprint density at radius 1 is 1.26 bits per heavy atom. The number of hydrogen-bond donors (Lipinski definition) is 1. The average Bonchev–Trinajstić information content (AvgIpc) is 2.87. The van der Waals surface area contributed by atoms with Crippen LogP contribution in [0.4, 0.5) is 5.69 Å². The molecule has 0 spiro atoms. The highest BCUT2D eigenvalue weighted by molar-refractivity contribution is 7.90. The van der Waals surface area contributed by atoms with E-state index in [-0.39, 0.29) is 0 Å². The fourth-order valence-corrected chi connectivity index (χ4v) is 2.28. The first-order chi connectivity index (χ1) is 9.05. The van der Waals surface area contributed by atoms with Gasteiger partial charge in [-0.05, 0) is 30.7 Å². The van der Waals surface area contributed by atoms with Gasteiger partial charge in [0.2, 0.25) is 0 Å². The van der Waals surface area contributed by atoms with Gasteiger partial charge in [0.15, 0.2) is 9.84 Å². The van der Waals surface area contributed by atoms with E-state index in [0.717, 1.165) is 25.2 Å². The first kappa shape index (κ1) is 13.5. The van der Waals surface area contributed by atoms with Gasteiger partial charge in [-0.15, -0.1) is 5.10 Å². The van der Waals surface area contributed by atoms with E-state index < -0.39 is 9.84 Å². The number of aromatic nitrogens is 3. The van der Waals surface area contributed by atoms with Gasteiger partial charge in [-0.25, -0.2) is 8.42 Å². The molecule has 0 aliphatic heterocycles. The predicted octanol–water partition coefficient (Wildman–Crippen LogP) is 1.18. The summed E-state index contributed by atoms with van der Waals surface area (Å²) >= 11 is 0. The molecule has 0 unspecified atom stereocenters. The van der Waals surface area contributed by atoms with Crippen LogP contribution >= 0.6 is 0 Å². The third-order valence-corrected chi connectivity index (χ3v) is 3.78. The van der Waals surface area contributed by atoms with Crippen molar-refractivity contribution in [3.63, 3.8) is 0 Å². The van der Waals surface area contributed by atoms with Crippen LogP contribution in [0.2, 0.25) is 0 Å². The fourth-order valence-electron chi connectivity index (χ4n) is 1.65. The molecule has 0 atom stereocenters. The highest BCUT2D eigenvalue weighted by Crippen LogP contribution is 2.13. The quantitative estimate of drug-likeness (QED) is 0.804. The highest BCUT2D eigenvalue weighted by Gasteiger charge is 2.05. The molecule has 102 valence electrons. The Hall–Kier alpha value is -1.89. The van der Waals surface area contributed by atoms with Gasteiger partial charge < -0.3 is 5.32 Å². The number of anilines is 1. The monoisotopic (exact) mass is 280 g/mol. The lowest BCUT2D eigenvalue weighted by Gasteiger charge is -2.07. The van der Waals surface area contributed by atoms with Crippen LogP contribution in [0.3, 0.4) is 0 Å². The van der Waals surface area contributed by atoms with Gasteiger partial charge >= 0.3 is 0 Å². The molecule has 0 aliphatic rings. The van der Waals surface area contributed by atoms with Crippen molar-refractivity contribution in [1.82, 2.24) is 15.0 Å². The lowest BCUT2D eigenvalue weighted by atomic mass is 10.3. The molecule has 0 saturated carbocycles. The maximum Gasteiger partial charge on any atom is 0.175 e. The molecular formula is C12H16N4O2S. The molecule has 1 N–H and O–H groups in total. The number of nitrogens with one attached hydrogen (secondary N) is 1. The first-order valence-corrected chi connectivity index (χ1v) is 7.83. The smallest absolute Gasteiger partial charge is 0.175 e. The topological polar surface area (TPSA) is 76.9 Å². The van der Waals surface area contributed by atoms with Gasteiger partial charge in [-0.3, -0.25) is 4.68 Å². The molecule has 2 aromatic rings. The molecule has 1 aromatic carbocycles. The second-order valence-corrected chi connectivity index (χ2v) is 6.26. The first-order valence-electron chi connectivity index (χ1n) is 5.94. The number of hydrogen-bond acceptors (Lipinski definition) is 5. The van der Waals surface area contributed by atoms with Crippen molar-refractivity contribution in [3.05, 3.63) is 36.7 Å². The van der Waals surface area contributed by atoms with Crippen LogP contribution in [0.5, 0.6) is 0 Å². The molecule has 0 bridgehead atoms. The van der Waals surface area contributed by atoms with E-state index in [0.29, 0.717) is 4.90 Å². The molecule has 0 saturated heterocycles. The zero-order chi connectivity index (χ0) is 13.7. The second-order valence-electron chi connectivity index (χ2n) is 4.24. The summed E-state index contributed by atoms with van der Waals surface area (Å²) in [6.07, 6.45) is 5.59. The lowest BCUT2D eigenvalue weighted by Crippen LogP contribution is -2.07. The van der Waals surface area contributed by atoms with Crippen molar-refractivity contribution >= 4 is 15.5 Å². The predicted molar refractivity (Wildman–Crippen MR) is 72.7 cm³/mol. The van der Waals surface area contributed by atoms with Crippen molar-refractivity contribution in [2.24, 2.45) is 0 Å². The summed E-state index contributed by atoms with van der Waals surface area (Å²) in [5.74, 6) is 0. The van der Waals surface area contributed by atoms with Gasteiger partial charge in [0.05, 0.1) is 11.1 Å². The molecule has 7 heteroatoms. The molecule has 19 heavy (non-hydrogen) atoms. The van der Waals surface area contributed by atoms with Crippen molar-refractivity contribution in [3.8, 4) is 0 Å². The number of benzene rings is 1. The molecule has 6 nitrogen and oxygen atoms in total. The summed E-state index contributed by atoms with van der Waals surface area (Å²) in [4.78, 5) is 0.334. The van der Waals surface area contributed by atoms with E-state index in [1.165, 1.54) is 6.26 Å². The van der Waals surface area contributed by atoms with Crippen molar-refractivity contribution in [2.45, 2.75) is 17.9 Å². The minimum atomic E-state index is -3.12. The molecule has 1 aromatic heterocycles. The van der Waals surface area contributed by atoms with Crippen LogP contribution in [0, 0.1) is 0 Å². The van der Waals surface area contributed by atoms with Crippen molar-refractivity contribution in [2.75, 3.05) is 18.1 Å². The van der Waals surface area contributed by atoms with Gasteiger partial charge in [0.1, 0.15) is 0 Å². The number of nitrogens with zero attached hydrogens (tertiary/aromatic N) is 3. The maximum atomic E-state index is 11.3. The van der Waals surface area contributed by atoms with E-state index in [1.807, 2.05) is 6.20 Å². The Kier molecular flexibility index (Phi) is 4.16. The van der Waals surface area contributed by atoms with Gasteiger partial charge in [0, 0.05) is 31.2 Å². The van der Waals surface area contributed by atoms with Gasteiger partial charge in [-0.2, -0.15) is 0 Å². The van der Waals surface area contributed by atoms with Crippen LogP contribution in [0.25, 0.3) is 0 Å². The van der Waals surface area contributed by atoms with E-state index in [2.05, 4.69) is 15.6 Å². The number of rotatable bonds is 6. The lowest BCUT2D eigenvalue weighted by molar-refractivity contribution is 0.570. The number of sulfone groups is 1. The summed E-state index contributed by atoms with van der Waals surface area (Å²) in [5.41, 5.74) is 0.908. The summed E-state index contributed by atoms with van der Waals surface area (Å²) in [6.45, 7) is 1.59. The van der Waals surface area contributed by atoms with Crippen LogP contribution in [-0.2, 0) is 16.4 Å². The fraction of sp³-hybridized carbons (Fsp3) is 0.333. The van der Waals surface area contributed by atoms with Gasteiger partial charge in [-0.1, -0.05) is 5.21 Å². The van der Waals surface area contributed by atoms with E-state index in [4.69, 9.17) is 0 Å². The van der Waals surface area contributed by atoms with Crippen LogP contribution in [-0.4, -0.2) is 36.2 Å². The normalized spacial score (nSPS) is 11.4. The Balaban J connectivity index is 1.80. The molecule has 0 amide bonds. The molecule has 0 radical (unpaired) electrons. The minimum Gasteiger partial charge on any atom is -0.385 e. The zero-order valence-corrected chi connectivity index (χ0v) is 11.5. The Morgan fingerprint density at radius 2 is 2.00 bits per heavy atom. The van der Waals surface area contributed by atoms with Crippen molar-refractivity contribution in [1.29, 1.82) is 0 Å². The highest BCUT2D eigenvalue weighted by atomic mass is 32.2. The Labute approximate surface area is 112 Å². The average molecular weight is 280 g/mol. The van der Waals surface area contributed by atoms with E-state index in [1.54, 1.807) is 35.1 Å². The standard InChI is InChI=1S/C12H16N4O2S/c1-19(17,18)12-5-3-11(4-6-12)13-7-2-9-16-10-8-14-15-16/h3-6,8,10,13H,2,7,9H2,1H3. The largest absolute Gasteiger partial charge is 0.385 e. The third kappa shape index (κ3) is 4.06. The molecule has 2 rings (SSSR count). The van der Waals surface area contributed by atoms with E-state index in [9.17, 15) is 8.42 Å². The Bertz CT molecular complexity index is 606. The van der Waals surface area contributed by atoms with E-state index >= 15 is 0 Å². The van der Waals surface area contributed by atoms with Crippen molar-refractivity contribution < 1.29 is 8.42 Å².